The van der Waals surface area contributed by atoms with Crippen molar-refractivity contribution in [3.8, 4) is 0 Å². The third-order valence-corrected chi connectivity index (χ3v) is 3.44. The number of rotatable bonds is 4. The van der Waals surface area contributed by atoms with Crippen LogP contribution >= 0.6 is 15.9 Å². The fraction of sp³-hybridized carbons (Fsp3) is 0.462. The minimum absolute atomic E-state index is 0.0201. The van der Waals surface area contributed by atoms with E-state index < -0.39 is 0 Å². The number of carbonyl (C=O) groups is 1. The minimum Gasteiger partial charge on any atom is -0.338 e. The molecule has 1 atom stereocenters. The van der Waals surface area contributed by atoms with Crippen molar-refractivity contribution in [2.45, 2.75) is 25.8 Å². The summed E-state index contributed by atoms with van der Waals surface area (Å²) in [5.74, 6) is 0.710. The van der Waals surface area contributed by atoms with E-state index >= 15 is 0 Å². The monoisotopic (exact) mass is 296 g/mol. The van der Waals surface area contributed by atoms with Crippen molar-refractivity contribution >= 4 is 22.0 Å². The molecule has 0 spiro atoms. The molecule has 0 heterocycles. The zero-order valence-electron chi connectivity index (χ0n) is 9.87. The van der Waals surface area contributed by atoms with Crippen LogP contribution in [0.1, 0.15) is 31.4 Å². The van der Waals surface area contributed by atoms with Gasteiger partial charge in [0.05, 0.1) is 6.04 Å². The summed E-state index contributed by atoms with van der Waals surface area (Å²) in [5.41, 5.74) is 1.10. The lowest BCUT2D eigenvalue weighted by Crippen LogP contribution is -2.38. The Bertz CT molecular complexity index is 404. The Morgan fingerprint density at radius 1 is 1.53 bits per heavy atom. The number of amides is 2. The summed E-state index contributed by atoms with van der Waals surface area (Å²) in [6.07, 6.45) is 2.50. The zero-order chi connectivity index (χ0) is 12.3. The first kappa shape index (κ1) is 12.4. The Balaban J connectivity index is 1.82. The van der Waals surface area contributed by atoms with E-state index in [1.807, 2.05) is 31.2 Å². The van der Waals surface area contributed by atoms with Crippen LogP contribution in [-0.4, -0.2) is 12.6 Å². The Kier molecular flexibility index (Phi) is 4.05. The Labute approximate surface area is 110 Å². The summed E-state index contributed by atoms with van der Waals surface area (Å²) < 4.78 is 1.03. The molecule has 2 amide bonds. The van der Waals surface area contributed by atoms with Crippen molar-refractivity contribution in [2.24, 2.45) is 5.92 Å². The van der Waals surface area contributed by atoms with Crippen LogP contribution in [-0.2, 0) is 0 Å². The van der Waals surface area contributed by atoms with Crippen molar-refractivity contribution in [1.82, 2.24) is 10.6 Å². The average molecular weight is 297 g/mol. The smallest absolute Gasteiger partial charge is 0.315 e. The molecule has 1 aromatic rings. The number of benzene rings is 1. The molecule has 0 aromatic heterocycles. The maximum absolute atomic E-state index is 11.6. The van der Waals surface area contributed by atoms with Crippen LogP contribution in [0.2, 0.25) is 0 Å². The van der Waals surface area contributed by atoms with Gasteiger partial charge in [-0.25, -0.2) is 4.79 Å². The first-order valence-electron chi connectivity index (χ1n) is 5.95. The van der Waals surface area contributed by atoms with E-state index in [9.17, 15) is 4.79 Å². The molecule has 1 unspecified atom stereocenters. The molecule has 92 valence electrons. The Morgan fingerprint density at radius 3 is 2.94 bits per heavy atom. The van der Waals surface area contributed by atoms with Crippen molar-refractivity contribution in [3.05, 3.63) is 34.3 Å². The van der Waals surface area contributed by atoms with Crippen molar-refractivity contribution in [3.63, 3.8) is 0 Å². The molecule has 1 fully saturated rings. The van der Waals surface area contributed by atoms with Crippen molar-refractivity contribution in [1.29, 1.82) is 0 Å². The summed E-state index contributed by atoms with van der Waals surface area (Å²) in [4.78, 5) is 11.6. The molecule has 0 bridgehead atoms. The topological polar surface area (TPSA) is 41.1 Å². The summed E-state index contributed by atoms with van der Waals surface area (Å²) in [7, 11) is 0. The third kappa shape index (κ3) is 4.04. The molecular formula is C13H17BrN2O. The largest absolute Gasteiger partial charge is 0.338 e. The third-order valence-electron chi connectivity index (χ3n) is 2.94. The molecule has 2 rings (SSSR count). The number of hydrogen-bond acceptors (Lipinski definition) is 1. The SMILES string of the molecule is CC(NC(=O)NCC1CC1)c1cccc(Br)c1. The van der Waals surface area contributed by atoms with Crippen LogP contribution in [0.25, 0.3) is 0 Å². The van der Waals surface area contributed by atoms with Gasteiger partial charge in [-0.3, -0.25) is 0 Å². The molecule has 17 heavy (non-hydrogen) atoms. The molecule has 1 aliphatic rings. The fourth-order valence-electron chi connectivity index (χ4n) is 1.67. The van der Waals surface area contributed by atoms with E-state index in [-0.39, 0.29) is 12.1 Å². The van der Waals surface area contributed by atoms with E-state index in [4.69, 9.17) is 0 Å². The molecule has 0 aliphatic heterocycles. The number of carbonyl (C=O) groups excluding carboxylic acids is 1. The fourth-order valence-corrected chi connectivity index (χ4v) is 2.08. The normalized spacial score (nSPS) is 16.4. The van der Waals surface area contributed by atoms with Gasteiger partial charge in [-0.1, -0.05) is 28.1 Å². The average Bonchev–Trinajstić information content (AvgIpc) is 3.10. The highest BCUT2D eigenvalue weighted by Gasteiger charge is 2.21. The van der Waals surface area contributed by atoms with Crippen molar-refractivity contribution in [2.75, 3.05) is 6.54 Å². The van der Waals surface area contributed by atoms with Crippen LogP contribution in [0.3, 0.4) is 0 Å². The van der Waals surface area contributed by atoms with Gasteiger partial charge in [0, 0.05) is 11.0 Å². The van der Waals surface area contributed by atoms with Crippen LogP contribution in [0.4, 0.5) is 4.79 Å². The lowest BCUT2D eigenvalue weighted by molar-refractivity contribution is 0.237. The summed E-state index contributed by atoms with van der Waals surface area (Å²) >= 11 is 3.43. The Morgan fingerprint density at radius 2 is 2.29 bits per heavy atom. The van der Waals surface area contributed by atoms with Gasteiger partial charge in [-0.05, 0) is 43.4 Å². The molecular weight excluding hydrogens is 280 g/mol. The molecule has 1 saturated carbocycles. The Hall–Kier alpha value is -1.03. The molecule has 4 heteroatoms. The maximum atomic E-state index is 11.6. The van der Waals surface area contributed by atoms with Crippen LogP contribution in [0.15, 0.2) is 28.7 Å². The predicted octanol–water partition coefficient (Wildman–Crippen LogP) is 3.22. The van der Waals surface area contributed by atoms with Crippen LogP contribution in [0, 0.1) is 5.92 Å². The molecule has 1 aliphatic carbocycles. The van der Waals surface area contributed by atoms with Gasteiger partial charge in [0.1, 0.15) is 0 Å². The van der Waals surface area contributed by atoms with E-state index in [0.717, 1.165) is 16.6 Å². The molecule has 3 nitrogen and oxygen atoms in total. The van der Waals surface area contributed by atoms with E-state index in [0.29, 0.717) is 5.92 Å². The number of urea groups is 1. The van der Waals surface area contributed by atoms with Gasteiger partial charge >= 0.3 is 6.03 Å². The van der Waals surface area contributed by atoms with Gasteiger partial charge in [0.15, 0.2) is 0 Å². The second kappa shape index (κ2) is 5.54. The van der Waals surface area contributed by atoms with Crippen LogP contribution in [0.5, 0.6) is 0 Å². The molecule has 0 radical (unpaired) electrons. The lowest BCUT2D eigenvalue weighted by atomic mass is 10.1. The highest BCUT2D eigenvalue weighted by Crippen LogP contribution is 2.27. The number of nitrogens with one attached hydrogen (secondary N) is 2. The molecule has 2 N–H and O–H groups in total. The number of hydrogen-bond donors (Lipinski definition) is 2. The van der Waals surface area contributed by atoms with E-state index in [2.05, 4.69) is 26.6 Å². The first-order chi connectivity index (χ1) is 8.15. The molecule has 1 aromatic carbocycles. The van der Waals surface area contributed by atoms with Gasteiger partial charge in [0.25, 0.3) is 0 Å². The summed E-state index contributed by atoms with van der Waals surface area (Å²) in [6, 6.07) is 7.92. The highest BCUT2D eigenvalue weighted by molar-refractivity contribution is 9.10. The molecule has 0 saturated heterocycles. The predicted molar refractivity (Wildman–Crippen MR) is 71.8 cm³/mol. The summed E-state index contributed by atoms with van der Waals surface area (Å²) in [5, 5.41) is 5.83. The van der Waals surface area contributed by atoms with Gasteiger partial charge in [-0.15, -0.1) is 0 Å². The minimum atomic E-state index is -0.0793. The highest BCUT2D eigenvalue weighted by atomic mass is 79.9. The number of halogens is 1. The first-order valence-corrected chi connectivity index (χ1v) is 6.74. The van der Waals surface area contributed by atoms with Gasteiger partial charge < -0.3 is 10.6 Å². The lowest BCUT2D eigenvalue weighted by Gasteiger charge is -2.15. The van der Waals surface area contributed by atoms with Crippen LogP contribution < -0.4 is 10.6 Å². The quantitative estimate of drug-likeness (QED) is 0.880. The second-order valence-electron chi connectivity index (χ2n) is 4.57. The van der Waals surface area contributed by atoms with Gasteiger partial charge in [-0.2, -0.15) is 0 Å². The van der Waals surface area contributed by atoms with E-state index in [1.54, 1.807) is 0 Å². The standard InChI is InChI=1S/C13H17BrN2O/c1-9(11-3-2-4-12(14)7-11)16-13(17)15-8-10-5-6-10/h2-4,7,9-10H,5-6,8H2,1H3,(H2,15,16,17). The van der Waals surface area contributed by atoms with E-state index in [1.165, 1.54) is 12.8 Å². The second-order valence-corrected chi connectivity index (χ2v) is 5.49. The van der Waals surface area contributed by atoms with Gasteiger partial charge in [0.2, 0.25) is 0 Å². The maximum Gasteiger partial charge on any atom is 0.315 e. The van der Waals surface area contributed by atoms with Crippen molar-refractivity contribution < 1.29 is 4.79 Å². The zero-order valence-corrected chi connectivity index (χ0v) is 11.5. The summed E-state index contributed by atoms with van der Waals surface area (Å²) in [6.45, 7) is 2.79.